The Hall–Kier alpha value is -2.99. The minimum absolute atomic E-state index is 0.0622. The Morgan fingerprint density at radius 3 is 2.46 bits per heavy atom. The van der Waals surface area contributed by atoms with E-state index in [4.69, 9.17) is 4.74 Å². The van der Waals surface area contributed by atoms with Crippen LogP contribution in [0.25, 0.3) is 6.08 Å². The maximum Gasteiger partial charge on any atom is 0.193 e. The minimum Gasteiger partial charge on any atom is -0.508 e. The van der Waals surface area contributed by atoms with Crippen molar-refractivity contribution in [3.8, 4) is 23.0 Å². The van der Waals surface area contributed by atoms with Crippen LogP contribution in [-0.2, 0) is 6.42 Å². The summed E-state index contributed by atoms with van der Waals surface area (Å²) in [5.41, 5.74) is -0.0492. The summed E-state index contributed by atoms with van der Waals surface area (Å²) in [5, 5.41) is 39.7. The first-order valence-corrected chi connectivity index (χ1v) is 8.15. The Morgan fingerprint density at radius 2 is 1.81 bits per heavy atom. The molecule has 0 saturated carbocycles. The van der Waals surface area contributed by atoms with Crippen LogP contribution < -0.4 is 4.74 Å². The summed E-state index contributed by atoms with van der Waals surface area (Å²) < 4.78 is 5.76. The van der Waals surface area contributed by atoms with Gasteiger partial charge in [-0.25, -0.2) is 0 Å². The first-order chi connectivity index (χ1) is 12.2. The lowest BCUT2D eigenvalue weighted by molar-refractivity contribution is -0.0421. The zero-order valence-corrected chi connectivity index (χ0v) is 14.4. The second-order valence-corrected chi connectivity index (χ2v) is 6.81. The predicted octanol–water partition coefficient (Wildman–Crippen LogP) is 2.77. The van der Waals surface area contributed by atoms with E-state index in [9.17, 15) is 25.2 Å². The van der Waals surface area contributed by atoms with E-state index in [-0.39, 0.29) is 34.8 Å². The van der Waals surface area contributed by atoms with Crippen molar-refractivity contribution in [2.45, 2.75) is 32.0 Å². The van der Waals surface area contributed by atoms with E-state index in [1.807, 2.05) is 0 Å². The van der Waals surface area contributed by atoms with Crippen molar-refractivity contribution in [2.24, 2.45) is 0 Å². The number of hydrogen-bond acceptors (Lipinski definition) is 6. The summed E-state index contributed by atoms with van der Waals surface area (Å²) >= 11 is 0. The van der Waals surface area contributed by atoms with Gasteiger partial charge >= 0.3 is 0 Å². The fourth-order valence-electron chi connectivity index (χ4n) is 2.83. The van der Waals surface area contributed by atoms with Gasteiger partial charge in [-0.15, -0.1) is 0 Å². The molecular weight excluding hydrogens is 336 g/mol. The van der Waals surface area contributed by atoms with Gasteiger partial charge in [0.1, 0.15) is 34.2 Å². The summed E-state index contributed by atoms with van der Waals surface area (Å²) in [6, 6.07) is 7.35. The normalized spacial score (nSPS) is 18.3. The number of aliphatic hydroxyl groups excluding tert-OH is 1. The molecule has 0 amide bonds. The molecule has 0 fully saturated rings. The molecule has 1 heterocycles. The van der Waals surface area contributed by atoms with Crippen molar-refractivity contribution < 1.29 is 30.0 Å². The maximum absolute atomic E-state index is 12.7. The van der Waals surface area contributed by atoms with Gasteiger partial charge in [-0.3, -0.25) is 4.79 Å². The van der Waals surface area contributed by atoms with E-state index in [0.29, 0.717) is 5.56 Å². The zero-order chi connectivity index (χ0) is 19.1. The van der Waals surface area contributed by atoms with Crippen LogP contribution in [0, 0.1) is 0 Å². The van der Waals surface area contributed by atoms with Crippen LogP contribution in [0.15, 0.2) is 36.4 Å². The fraction of sp³-hybridized carbons (Fsp3) is 0.250. The van der Waals surface area contributed by atoms with E-state index < -0.39 is 23.2 Å². The van der Waals surface area contributed by atoms with Crippen molar-refractivity contribution in [3.63, 3.8) is 0 Å². The number of phenols is 3. The molecule has 0 spiro atoms. The van der Waals surface area contributed by atoms with E-state index >= 15 is 0 Å². The highest BCUT2D eigenvalue weighted by molar-refractivity contribution is 6.11. The van der Waals surface area contributed by atoms with Gasteiger partial charge in [0.2, 0.25) is 0 Å². The zero-order valence-electron chi connectivity index (χ0n) is 14.4. The summed E-state index contributed by atoms with van der Waals surface area (Å²) in [5.74, 6) is -0.926. The number of ether oxygens (including phenoxy) is 1. The Bertz CT molecular complexity index is 880. The molecule has 6 heteroatoms. The number of aliphatic hydroxyl groups is 1. The van der Waals surface area contributed by atoms with Crippen molar-refractivity contribution in [3.05, 3.63) is 53.1 Å². The number of ketones is 1. The molecule has 6 nitrogen and oxygen atoms in total. The van der Waals surface area contributed by atoms with Gasteiger partial charge in [-0.05, 0) is 37.6 Å². The van der Waals surface area contributed by atoms with Crippen molar-refractivity contribution >= 4 is 11.9 Å². The smallest absolute Gasteiger partial charge is 0.193 e. The number of fused-ring (bicyclic) bond motifs is 1. The van der Waals surface area contributed by atoms with Gasteiger partial charge in [-0.1, -0.05) is 18.2 Å². The number of carbonyl (C=O) groups is 1. The van der Waals surface area contributed by atoms with Crippen molar-refractivity contribution in [1.29, 1.82) is 0 Å². The highest BCUT2D eigenvalue weighted by atomic mass is 16.5. The molecule has 4 N–H and O–H groups in total. The molecule has 0 unspecified atom stereocenters. The van der Waals surface area contributed by atoms with Crippen molar-refractivity contribution in [1.82, 2.24) is 0 Å². The molecule has 0 bridgehead atoms. The molecule has 1 aliphatic rings. The van der Waals surface area contributed by atoms with Crippen LogP contribution in [0.4, 0.5) is 0 Å². The molecular formula is C20H20O6. The highest BCUT2D eigenvalue weighted by Crippen LogP contribution is 2.44. The van der Waals surface area contributed by atoms with Gasteiger partial charge in [0.25, 0.3) is 0 Å². The molecule has 0 radical (unpaired) electrons. The molecule has 26 heavy (non-hydrogen) atoms. The van der Waals surface area contributed by atoms with Gasteiger partial charge in [0.15, 0.2) is 5.78 Å². The number of hydrogen-bond donors (Lipinski definition) is 4. The monoisotopic (exact) mass is 356 g/mol. The number of benzene rings is 2. The first-order valence-electron chi connectivity index (χ1n) is 8.15. The van der Waals surface area contributed by atoms with E-state index in [0.717, 1.165) is 6.07 Å². The van der Waals surface area contributed by atoms with Crippen LogP contribution in [0.3, 0.4) is 0 Å². The van der Waals surface area contributed by atoms with Crippen LogP contribution in [0.2, 0.25) is 0 Å². The maximum atomic E-state index is 12.7. The Kier molecular flexibility index (Phi) is 4.38. The molecule has 0 aromatic heterocycles. The number of allylic oxidation sites excluding steroid dienone is 1. The lowest BCUT2D eigenvalue weighted by Crippen LogP contribution is -2.46. The van der Waals surface area contributed by atoms with Crippen molar-refractivity contribution in [2.75, 3.05) is 0 Å². The summed E-state index contributed by atoms with van der Waals surface area (Å²) in [6.45, 7) is 3.34. The molecule has 1 atom stereocenters. The molecule has 2 aromatic rings. The number of aromatic hydroxyl groups is 3. The third kappa shape index (κ3) is 3.23. The molecule has 3 rings (SSSR count). The summed E-state index contributed by atoms with van der Waals surface area (Å²) in [7, 11) is 0. The number of rotatable bonds is 3. The van der Waals surface area contributed by atoms with E-state index in [2.05, 4.69) is 0 Å². The highest BCUT2D eigenvalue weighted by Gasteiger charge is 2.39. The molecule has 136 valence electrons. The van der Waals surface area contributed by atoms with Crippen LogP contribution in [-0.4, -0.2) is 37.9 Å². The average Bonchev–Trinajstić information content (AvgIpc) is 2.56. The number of phenolic OH excluding ortho intramolecular Hbond substituents is 3. The first kappa shape index (κ1) is 17.8. The third-order valence-corrected chi connectivity index (χ3v) is 4.47. The van der Waals surface area contributed by atoms with E-state index in [1.54, 1.807) is 32.1 Å². The fourth-order valence-corrected chi connectivity index (χ4v) is 2.83. The quantitative estimate of drug-likeness (QED) is 0.498. The van der Waals surface area contributed by atoms with Crippen LogP contribution in [0.1, 0.15) is 35.3 Å². The standard InChI is InChI=1S/C20H20O6/c1-20(2)17(25)9-13-15(23)10-16(24)18(19(13)26-20)14(22)8-5-11-3-6-12(21)7-4-11/h3-8,10,17,21,23-25H,9H2,1-2H3/t17-/m0/s1. The van der Waals surface area contributed by atoms with Crippen LogP contribution >= 0.6 is 0 Å². The topological polar surface area (TPSA) is 107 Å². The third-order valence-electron chi connectivity index (χ3n) is 4.47. The van der Waals surface area contributed by atoms with Gasteiger partial charge < -0.3 is 25.2 Å². The van der Waals surface area contributed by atoms with E-state index in [1.165, 1.54) is 18.2 Å². The lowest BCUT2D eigenvalue weighted by atomic mass is 9.88. The summed E-state index contributed by atoms with van der Waals surface area (Å²) in [4.78, 5) is 12.7. The van der Waals surface area contributed by atoms with Crippen LogP contribution in [0.5, 0.6) is 23.0 Å². The van der Waals surface area contributed by atoms with Gasteiger partial charge in [0.05, 0.1) is 6.10 Å². The predicted molar refractivity (Wildman–Crippen MR) is 95.7 cm³/mol. The molecule has 2 aromatic carbocycles. The Balaban J connectivity index is 2.01. The van der Waals surface area contributed by atoms with Gasteiger partial charge in [0, 0.05) is 18.1 Å². The Labute approximate surface area is 150 Å². The average molecular weight is 356 g/mol. The molecule has 0 aliphatic carbocycles. The molecule has 0 saturated heterocycles. The number of carbonyl (C=O) groups excluding carboxylic acids is 1. The second-order valence-electron chi connectivity index (χ2n) is 6.81. The Morgan fingerprint density at radius 1 is 1.15 bits per heavy atom. The molecule has 1 aliphatic heterocycles. The second kappa shape index (κ2) is 6.38. The largest absolute Gasteiger partial charge is 0.508 e. The minimum atomic E-state index is -0.969. The lowest BCUT2D eigenvalue weighted by Gasteiger charge is -2.38. The summed E-state index contributed by atoms with van der Waals surface area (Å²) in [6.07, 6.45) is 2.07. The SMILES string of the molecule is CC1(C)Oc2c(c(O)cc(O)c2C(=O)C=Cc2ccc(O)cc2)C[C@@H]1O. The van der Waals surface area contributed by atoms with Gasteiger partial charge in [-0.2, -0.15) is 0 Å².